The largest absolute Gasteiger partial charge is 0.392 e. The van der Waals surface area contributed by atoms with Gasteiger partial charge in [-0.3, -0.25) is 9.48 Å². The molecule has 0 fully saturated rings. The van der Waals surface area contributed by atoms with Gasteiger partial charge in [0.1, 0.15) is 0 Å². The Bertz CT molecular complexity index is 596. The van der Waals surface area contributed by atoms with Crippen LogP contribution in [-0.4, -0.2) is 33.4 Å². The molecule has 0 spiro atoms. The number of carbonyl (C=O) groups excluding carboxylic acids is 1. The van der Waals surface area contributed by atoms with Crippen molar-refractivity contribution in [2.24, 2.45) is 0 Å². The van der Waals surface area contributed by atoms with Crippen LogP contribution in [0.4, 0.5) is 0 Å². The normalized spacial score (nSPS) is 12.2. The van der Waals surface area contributed by atoms with Crippen LogP contribution in [-0.2, 0) is 6.54 Å². The molecule has 0 bridgehead atoms. The Balaban J connectivity index is 2.02. The number of aliphatic hydroxyl groups excluding tert-OH is 1. The van der Waals surface area contributed by atoms with Gasteiger partial charge in [0.15, 0.2) is 0 Å². The van der Waals surface area contributed by atoms with Crippen molar-refractivity contribution in [3.8, 4) is 0 Å². The molecule has 1 heterocycles. The lowest BCUT2D eigenvalue weighted by Gasteiger charge is -2.05. The second-order valence-electron chi connectivity index (χ2n) is 4.58. The molecule has 2 aromatic rings. The molecule has 5 nitrogen and oxygen atoms in total. The Morgan fingerprint density at radius 2 is 2.25 bits per heavy atom. The monoisotopic (exact) mass is 293 g/mol. The highest BCUT2D eigenvalue weighted by Gasteiger charge is 2.10. The van der Waals surface area contributed by atoms with Crippen LogP contribution in [0.25, 0.3) is 0 Å². The molecule has 1 unspecified atom stereocenters. The van der Waals surface area contributed by atoms with Gasteiger partial charge in [0.25, 0.3) is 5.91 Å². The molecule has 2 N–H and O–H groups in total. The van der Waals surface area contributed by atoms with E-state index in [9.17, 15) is 4.79 Å². The first kappa shape index (κ1) is 14.6. The van der Waals surface area contributed by atoms with Crippen LogP contribution in [0.2, 0.25) is 5.02 Å². The fourth-order valence-electron chi connectivity index (χ4n) is 1.71. The summed E-state index contributed by atoms with van der Waals surface area (Å²) < 4.78 is 1.65. The SMILES string of the molecule is CC(O)CNC(=O)c1cnn(Cc2ccccc2Cl)c1. The highest BCUT2D eigenvalue weighted by molar-refractivity contribution is 6.31. The van der Waals surface area contributed by atoms with Crippen LogP contribution in [0.1, 0.15) is 22.8 Å². The van der Waals surface area contributed by atoms with Crippen molar-refractivity contribution in [2.75, 3.05) is 6.54 Å². The van der Waals surface area contributed by atoms with Crippen LogP contribution in [0.3, 0.4) is 0 Å². The van der Waals surface area contributed by atoms with E-state index in [-0.39, 0.29) is 12.5 Å². The average Bonchev–Trinajstić information content (AvgIpc) is 2.87. The molecule has 1 amide bonds. The summed E-state index contributed by atoms with van der Waals surface area (Å²) >= 11 is 6.08. The van der Waals surface area contributed by atoms with Crippen LogP contribution in [0.15, 0.2) is 36.7 Å². The topological polar surface area (TPSA) is 67.2 Å². The molecule has 0 saturated carbocycles. The van der Waals surface area contributed by atoms with Crippen molar-refractivity contribution in [1.82, 2.24) is 15.1 Å². The van der Waals surface area contributed by atoms with Crippen molar-refractivity contribution < 1.29 is 9.90 Å². The van der Waals surface area contributed by atoms with Crippen LogP contribution in [0.5, 0.6) is 0 Å². The number of nitrogens with zero attached hydrogens (tertiary/aromatic N) is 2. The molecule has 0 aliphatic heterocycles. The van der Waals surface area contributed by atoms with E-state index in [1.54, 1.807) is 17.8 Å². The standard InChI is InChI=1S/C14H16ClN3O2/c1-10(19)6-16-14(20)12-7-17-18(9-12)8-11-4-2-3-5-13(11)15/h2-5,7,9-10,19H,6,8H2,1H3,(H,16,20). The maximum absolute atomic E-state index is 11.8. The number of carbonyl (C=O) groups is 1. The summed E-state index contributed by atoms with van der Waals surface area (Å²) in [5.41, 5.74) is 1.39. The van der Waals surface area contributed by atoms with Crippen molar-refractivity contribution in [2.45, 2.75) is 19.6 Å². The van der Waals surface area contributed by atoms with E-state index in [2.05, 4.69) is 10.4 Å². The van der Waals surface area contributed by atoms with E-state index in [0.29, 0.717) is 17.1 Å². The molecule has 2 rings (SSSR count). The third-order valence-corrected chi connectivity index (χ3v) is 3.11. The molecule has 1 aromatic carbocycles. The van der Waals surface area contributed by atoms with Crippen molar-refractivity contribution >= 4 is 17.5 Å². The first-order valence-corrected chi connectivity index (χ1v) is 6.66. The van der Waals surface area contributed by atoms with Gasteiger partial charge in [-0.25, -0.2) is 0 Å². The molecule has 0 aliphatic carbocycles. The van der Waals surface area contributed by atoms with Gasteiger partial charge < -0.3 is 10.4 Å². The van der Waals surface area contributed by atoms with Gasteiger partial charge in [0.2, 0.25) is 0 Å². The number of nitrogens with one attached hydrogen (secondary N) is 1. The molecule has 20 heavy (non-hydrogen) atoms. The molecular weight excluding hydrogens is 278 g/mol. The predicted molar refractivity (Wildman–Crippen MR) is 76.8 cm³/mol. The molecule has 1 atom stereocenters. The maximum Gasteiger partial charge on any atom is 0.254 e. The molecule has 6 heteroatoms. The lowest BCUT2D eigenvalue weighted by Crippen LogP contribution is -2.30. The average molecular weight is 294 g/mol. The Morgan fingerprint density at radius 3 is 2.95 bits per heavy atom. The minimum Gasteiger partial charge on any atom is -0.392 e. The van der Waals surface area contributed by atoms with Crippen LogP contribution >= 0.6 is 11.6 Å². The number of aromatic nitrogens is 2. The van der Waals surface area contributed by atoms with Gasteiger partial charge in [0.05, 0.1) is 24.4 Å². The number of hydrogen-bond acceptors (Lipinski definition) is 3. The fraction of sp³-hybridized carbons (Fsp3) is 0.286. The Hall–Kier alpha value is -1.85. The van der Waals surface area contributed by atoms with Gasteiger partial charge >= 0.3 is 0 Å². The number of aliphatic hydroxyl groups is 1. The van der Waals surface area contributed by atoms with E-state index < -0.39 is 6.10 Å². The van der Waals surface area contributed by atoms with Gasteiger partial charge in [-0.05, 0) is 18.6 Å². The molecule has 106 valence electrons. The highest BCUT2D eigenvalue weighted by Crippen LogP contribution is 2.16. The zero-order valence-corrected chi connectivity index (χ0v) is 11.8. The van der Waals surface area contributed by atoms with E-state index in [4.69, 9.17) is 16.7 Å². The summed E-state index contributed by atoms with van der Waals surface area (Å²) in [4.78, 5) is 11.8. The Morgan fingerprint density at radius 1 is 1.50 bits per heavy atom. The lowest BCUT2D eigenvalue weighted by molar-refractivity contribution is 0.0924. The van der Waals surface area contributed by atoms with Gasteiger partial charge in [-0.2, -0.15) is 5.10 Å². The minimum atomic E-state index is -0.572. The van der Waals surface area contributed by atoms with Gasteiger partial charge in [-0.15, -0.1) is 0 Å². The Kier molecular flexibility index (Phi) is 4.76. The number of amides is 1. The number of benzene rings is 1. The lowest BCUT2D eigenvalue weighted by atomic mass is 10.2. The summed E-state index contributed by atoms with van der Waals surface area (Å²) in [7, 11) is 0. The molecular formula is C14H16ClN3O2. The highest BCUT2D eigenvalue weighted by atomic mass is 35.5. The fourth-order valence-corrected chi connectivity index (χ4v) is 1.91. The van der Waals surface area contributed by atoms with Gasteiger partial charge in [-0.1, -0.05) is 29.8 Å². The summed E-state index contributed by atoms with van der Waals surface area (Å²) in [5, 5.41) is 16.6. The third kappa shape index (κ3) is 3.82. The van der Waals surface area contributed by atoms with Crippen LogP contribution in [0, 0.1) is 0 Å². The third-order valence-electron chi connectivity index (χ3n) is 2.74. The minimum absolute atomic E-state index is 0.217. The van der Waals surface area contributed by atoms with E-state index in [1.807, 2.05) is 24.3 Å². The first-order chi connectivity index (χ1) is 9.56. The number of rotatable bonds is 5. The summed E-state index contributed by atoms with van der Waals surface area (Å²) in [6.07, 6.45) is 2.58. The van der Waals surface area contributed by atoms with Crippen molar-refractivity contribution in [1.29, 1.82) is 0 Å². The van der Waals surface area contributed by atoms with E-state index in [1.165, 1.54) is 6.20 Å². The second-order valence-corrected chi connectivity index (χ2v) is 4.98. The quantitative estimate of drug-likeness (QED) is 0.882. The number of halogens is 1. The zero-order chi connectivity index (χ0) is 14.5. The summed E-state index contributed by atoms with van der Waals surface area (Å²) in [6, 6.07) is 7.50. The second kappa shape index (κ2) is 6.54. The smallest absolute Gasteiger partial charge is 0.254 e. The predicted octanol–water partition coefficient (Wildman–Crippen LogP) is 1.70. The summed E-state index contributed by atoms with van der Waals surface area (Å²) in [5.74, 6) is -0.253. The number of hydrogen-bond donors (Lipinski definition) is 2. The molecule has 1 aromatic heterocycles. The molecule has 0 saturated heterocycles. The molecule has 0 aliphatic rings. The zero-order valence-electron chi connectivity index (χ0n) is 11.1. The van der Waals surface area contributed by atoms with E-state index in [0.717, 1.165) is 5.56 Å². The van der Waals surface area contributed by atoms with E-state index >= 15 is 0 Å². The Labute approximate surface area is 122 Å². The van der Waals surface area contributed by atoms with Crippen LogP contribution < -0.4 is 5.32 Å². The van der Waals surface area contributed by atoms with Gasteiger partial charge in [0, 0.05) is 17.8 Å². The first-order valence-electron chi connectivity index (χ1n) is 6.28. The molecule has 0 radical (unpaired) electrons. The van der Waals surface area contributed by atoms with Crippen molar-refractivity contribution in [3.63, 3.8) is 0 Å². The van der Waals surface area contributed by atoms with Crippen molar-refractivity contribution in [3.05, 3.63) is 52.8 Å². The maximum atomic E-state index is 11.8. The summed E-state index contributed by atoms with van der Waals surface area (Å²) in [6.45, 7) is 2.33.